The molecule has 0 unspecified atom stereocenters. The number of nitrogens with zero attached hydrogens (tertiary/aromatic N) is 3. The second-order valence-corrected chi connectivity index (χ2v) is 8.25. The number of carbonyl (C=O) groups is 1. The number of benzene rings is 1. The molecule has 7 nitrogen and oxygen atoms in total. The van der Waals surface area contributed by atoms with E-state index in [0.29, 0.717) is 23.6 Å². The Balaban J connectivity index is 1.97. The zero-order chi connectivity index (χ0) is 23.3. The summed E-state index contributed by atoms with van der Waals surface area (Å²) in [5, 5.41) is 6.27. The summed E-state index contributed by atoms with van der Waals surface area (Å²) in [6.07, 6.45) is 6.62. The summed E-state index contributed by atoms with van der Waals surface area (Å²) in [5.74, 6) is 0.641. The van der Waals surface area contributed by atoms with Crippen LogP contribution in [0.2, 0.25) is 0 Å². The molecule has 0 bridgehead atoms. The Morgan fingerprint density at radius 1 is 1.09 bits per heavy atom. The maximum absolute atomic E-state index is 12.5. The first-order valence-electron chi connectivity index (χ1n) is 11.3. The van der Waals surface area contributed by atoms with E-state index in [2.05, 4.69) is 53.0 Å². The van der Waals surface area contributed by atoms with Crippen LogP contribution in [0.15, 0.2) is 55.0 Å². The summed E-state index contributed by atoms with van der Waals surface area (Å²) in [5.41, 5.74) is 8.38. The van der Waals surface area contributed by atoms with Gasteiger partial charge in [-0.15, -0.1) is 0 Å². The summed E-state index contributed by atoms with van der Waals surface area (Å²) in [6, 6.07) is 10.9. The highest BCUT2D eigenvalue weighted by atomic mass is 16.1. The first kappa shape index (κ1) is 25.2. The van der Waals surface area contributed by atoms with Crippen molar-refractivity contribution in [3.8, 4) is 0 Å². The molecule has 1 aromatic carbocycles. The molecule has 0 aliphatic heterocycles. The van der Waals surface area contributed by atoms with Crippen LogP contribution in [-0.4, -0.2) is 54.4 Å². The van der Waals surface area contributed by atoms with Gasteiger partial charge in [-0.05, 0) is 44.3 Å². The first-order valence-corrected chi connectivity index (χ1v) is 11.3. The SMILES string of the molecule is C=C(NCCCCCC)N(CCN(C)C)Cc1ccc(C(=O)Nc2ccccc2N)nc1. The molecule has 2 rings (SSSR count). The van der Waals surface area contributed by atoms with Crippen molar-refractivity contribution in [2.45, 2.75) is 39.2 Å². The van der Waals surface area contributed by atoms with Crippen molar-refractivity contribution < 1.29 is 4.79 Å². The molecule has 7 heteroatoms. The molecule has 1 aromatic heterocycles. The van der Waals surface area contributed by atoms with E-state index < -0.39 is 0 Å². The lowest BCUT2D eigenvalue weighted by molar-refractivity contribution is 0.102. The van der Waals surface area contributed by atoms with Gasteiger partial charge in [0.25, 0.3) is 5.91 Å². The molecule has 0 fully saturated rings. The summed E-state index contributed by atoms with van der Waals surface area (Å²) in [7, 11) is 4.13. The molecule has 0 spiro atoms. The topological polar surface area (TPSA) is 86.5 Å². The summed E-state index contributed by atoms with van der Waals surface area (Å²) >= 11 is 0. The number of nitrogens with one attached hydrogen (secondary N) is 2. The minimum atomic E-state index is -0.280. The quantitative estimate of drug-likeness (QED) is 0.306. The van der Waals surface area contributed by atoms with E-state index in [9.17, 15) is 4.79 Å². The highest BCUT2D eigenvalue weighted by Gasteiger charge is 2.12. The van der Waals surface area contributed by atoms with Gasteiger partial charge >= 0.3 is 0 Å². The van der Waals surface area contributed by atoms with E-state index >= 15 is 0 Å². The van der Waals surface area contributed by atoms with Crippen LogP contribution in [0.5, 0.6) is 0 Å². The fourth-order valence-corrected chi connectivity index (χ4v) is 3.20. The molecule has 2 aromatic rings. The second kappa shape index (κ2) is 13.4. The smallest absolute Gasteiger partial charge is 0.274 e. The third-order valence-corrected chi connectivity index (χ3v) is 5.20. The molecule has 32 heavy (non-hydrogen) atoms. The summed E-state index contributed by atoms with van der Waals surface area (Å²) < 4.78 is 0. The van der Waals surface area contributed by atoms with Gasteiger partial charge in [0, 0.05) is 32.4 Å². The number of rotatable bonds is 14. The number of carbonyl (C=O) groups excluding carboxylic acids is 1. The highest BCUT2D eigenvalue weighted by Crippen LogP contribution is 2.17. The van der Waals surface area contributed by atoms with Crippen LogP contribution in [-0.2, 0) is 6.54 Å². The molecular weight excluding hydrogens is 400 g/mol. The minimum absolute atomic E-state index is 0.280. The number of likely N-dealkylation sites (N-methyl/N-ethyl adjacent to an activating group) is 1. The number of aromatic nitrogens is 1. The predicted molar refractivity (Wildman–Crippen MR) is 133 cm³/mol. The lowest BCUT2D eigenvalue weighted by Crippen LogP contribution is -2.36. The Kier molecular flexibility index (Phi) is 10.5. The van der Waals surface area contributed by atoms with E-state index in [4.69, 9.17) is 5.73 Å². The Bertz CT molecular complexity index is 850. The van der Waals surface area contributed by atoms with Crippen LogP contribution >= 0.6 is 0 Å². The first-order chi connectivity index (χ1) is 15.4. The monoisotopic (exact) mass is 438 g/mol. The molecule has 174 valence electrons. The van der Waals surface area contributed by atoms with E-state index in [1.54, 1.807) is 24.4 Å². The second-order valence-electron chi connectivity index (χ2n) is 8.25. The van der Waals surface area contributed by atoms with Gasteiger partial charge < -0.3 is 26.2 Å². The van der Waals surface area contributed by atoms with Crippen molar-refractivity contribution in [1.82, 2.24) is 20.1 Å². The third kappa shape index (κ3) is 8.59. The fourth-order valence-electron chi connectivity index (χ4n) is 3.20. The van der Waals surface area contributed by atoms with E-state index in [-0.39, 0.29) is 5.91 Å². The predicted octanol–water partition coefficient (Wildman–Crippen LogP) is 3.92. The Morgan fingerprint density at radius 3 is 2.53 bits per heavy atom. The Labute approximate surface area is 192 Å². The van der Waals surface area contributed by atoms with Gasteiger partial charge in [0.2, 0.25) is 0 Å². The number of para-hydroxylation sites is 2. The number of pyridine rings is 1. The average Bonchev–Trinajstić information content (AvgIpc) is 2.78. The molecule has 1 heterocycles. The van der Waals surface area contributed by atoms with Gasteiger partial charge in [0.05, 0.1) is 17.2 Å². The molecule has 1 amide bonds. The van der Waals surface area contributed by atoms with Crippen LogP contribution in [0, 0.1) is 0 Å². The van der Waals surface area contributed by atoms with Crippen molar-refractivity contribution in [3.63, 3.8) is 0 Å². The standard InChI is InChI=1S/C25H38N6O/c1-5-6-7-10-15-27-20(2)31(17-16-30(3)4)19-21-13-14-24(28-18-21)25(32)29-23-12-9-8-11-22(23)26/h8-9,11-14,18,27H,2,5-7,10,15-17,19,26H2,1,3-4H3,(H,29,32). The molecule has 4 N–H and O–H groups in total. The van der Waals surface area contributed by atoms with Crippen molar-refractivity contribution in [2.24, 2.45) is 0 Å². The van der Waals surface area contributed by atoms with Gasteiger partial charge in [0.15, 0.2) is 0 Å². The lowest BCUT2D eigenvalue weighted by atomic mass is 10.2. The molecule has 0 aliphatic carbocycles. The number of nitrogen functional groups attached to an aromatic ring is 1. The van der Waals surface area contributed by atoms with Crippen LogP contribution in [0.3, 0.4) is 0 Å². The van der Waals surface area contributed by atoms with Crippen LogP contribution < -0.4 is 16.4 Å². The number of anilines is 2. The average molecular weight is 439 g/mol. The summed E-state index contributed by atoms with van der Waals surface area (Å²) in [6.45, 7) is 9.84. The minimum Gasteiger partial charge on any atom is -0.397 e. The van der Waals surface area contributed by atoms with Crippen LogP contribution in [0.1, 0.15) is 48.7 Å². The van der Waals surface area contributed by atoms with Crippen LogP contribution in [0.4, 0.5) is 11.4 Å². The molecule has 0 saturated heterocycles. The largest absolute Gasteiger partial charge is 0.397 e. The van der Waals surface area contributed by atoms with Gasteiger partial charge in [-0.1, -0.05) is 51.0 Å². The normalized spacial score (nSPS) is 10.8. The zero-order valence-corrected chi connectivity index (χ0v) is 19.7. The lowest BCUT2D eigenvalue weighted by Gasteiger charge is -2.29. The van der Waals surface area contributed by atoms with Crippen molar-refractivity contribution in [3.05, 3.63) is 66.3 Å². The number of hydrogen-bond donors (Lipinski definition) is 3. The molecule has 0 aliphatic rings. The maximum Gasteiger partial charge on any atom is 0.274 e. The van der Waals surface area contributed by atoms with Gasteiger partial charge in [-0.25, -0.2) is 0 Å². The fraction of sp³-hybridized carbons (Fsp3) is 0.440. The number of unbranched alkanes of at least 4 members (excludes halogenated alkanes) is 3. The van der Waals surface area contributed by atoms with Crippen molar-refractivity contribution >= 4 is 17.3 Å². The van der Waals surface area contributed by atoms with E-state index in [1.165, 1.54) is 19.3 Å². The third-order valence-electron chi connectivity index (χ3n) is 5.20. The number of amides is 1. The van der Waals surface area contributed by atoms with Gasteiger partial charge in [0.1, 0.15) is 5.69 Å². The van der Waals surface area contributed by atoms with Gasteiger partial charge in [-0.2, -0.15) is 0 Å². The summed E-state index contributed by atoms with van der Waals surface area (Å²) in [4.78, 5) is 21.3. The molecule has 0 radical (unpaired) electrons. The maximum atomic E-state index is 12.5. The molecular formula is C25H38N6O. The Morgan fingerprint density at radius 2 is 1.88 bits per heavy atom. The van der Waals surface area contributed by atoms with Crippen LogP contribution in [0.25, 0.3) is 0 Å². The molecule has 0 atom stereocenters. The van der Waals surface area contributed by atoms with Crippen molar-refractivity contribution in [1.29, 1.82) is 0 Å². The number of hydrogen-bond acceptors (Lipinski definition) is 6. The zero-order valence-electron chi connectivity index (χ0n) is 19.7. The Hall–Kier alpha value is -3.06. The van der Waals surface area contributed by atoms with Crippen molar-refractivity contribution in [2.75, 3.05) is 44.8 Å². The number of nitrogens with two attached hydrogens (primary N) is 1. The van der Waals surface area contributed by atoms with E-state index in [0.717, 1.165) is 37.4 Å². The van der Waals surface area contributed by atoms with Gasteiger partial charge in [-0.3, -0.25) is 9.78 Å². The van der Waals surface area contributed by atoms with E-state index in [1.807, 2.05) is 18.2 Å². The molecule has 0 saturated carbocycles. The highest BCUT2D eigenvalue weighted by molar-refractivity contribution is 6.04.